The average Bonchev–Trinajstić information content (AvgIpc) is 2.93. The highest BCUT2D eigenvalue weighted by Crippen LogP contribution is 2.16. The number of ether oxygens (including phenoxy) is 1. The minimum atomic E-state index is 0.618. The van der Waals surface area contributed by atoms with Gasteiger partial charge in [0.25, 0.3) is 0 Å². The van der Waals surface area contributed by atoms with Gasteiger partial charge in [0.05, 0.1) is 6.54 Å². The summed E-state index contributed by atoms with van der Waals surface area (Å²) in [6, 6.07) is 7.80. The zero-order valence-corrected chi connectivity index (χ0v) is 11.4. The molecule has 96 valence electrons. The first-order valence-electron chi connectivity index (χ1n) is 5.80. The summed E-state index contributed by atoms with van der Waals surface area (Å²) in [6.45, 7) is 1.45. The van der Waals surface area contributed by atoms with Crippen LogP contribution < -0.4 is 15.0 Å². The Kier molecular flexibility index (Phi) is 4.41. The standard InChI is InChI=1S/C13H17N3OS/c1-14-12-4-3-5-13(15-12)17-8-7-16(2)11-6-9-18-10-11/h3-6,9-10H,7-8H2,1-2H3,(H,14,15). The number of likely N-dealkylation sites (N-methyl/N-ethyl adjacent to an activating group) is 1. The molecule has 0 fully saturated rings. The fourth-order valence-electron chi connectivity index (χ4n) is 1.53. The van der Waals surface area contributed by atoms with Crippen LogP contribution in [0.4, 0.5) is 11.5 Å². The summed E-state index contributed by atoms with van der Waals surface area (Å²) in [4.78, 5) is 6.47. The van der Waals surface area contributed by atoms with Crippen molar-refractivity contribution >= 4 is 22.8 Å². The van der Waals surface area contributed by atoms with Crippen molar-refractivity contribution in [3.05, 3.63) is 35.0 Å². The highest BCUT2D eigenvalue weighted by atomic mass is 32.1. The lowest BCUT2D eigenvalue weighted by molar-refractivity contribution is 0.314. The van der Waals surface area contributed by atoms with Crippen LogP contribution in [-0.4, -0.2) is 32.2 Å². The second-order valence-electron chi connectivity index (χ2n) is 3.86. The molecule has 2 heterocycles. The first-order valence-corrected chi connectivity index (χ1v) is 6.75. The van der Waals surface area contributed by atoms with Crippen LogP contribution in [0.2, 0.25) is 0 Å². The first-order chi connectivity index (χ1) is 8.79. The molecule has 0 spiro atoms. The summed E-state index contributed by atoms with van der Waals surface area (Å²) in [5.74, 6) is 1.47. The predicted octanol–water partition coefficient (Wildman–Crippen LogP) is 2.70. The van der Waals surface area contributed by atoms with Crippen molar-refractivity contribution in [2.45, 2.75) is 0 Å². The van der Waals surface area contributed by atoms with E-state index in [2.05, 4.69) is 39.1 Å². The molecule has 0 radical (unpaired) electrons. The fraction of sp³-hybridized carbons (Fsp3) is 0.308. The molecule has 0 saturated carbocycles. The minimum absolute atomic E-state index is 0.618. The molecule has 0 atom stereocenters. The molecule has 4 nitrogen and oxygen atoms in total. The molecular weight excluding hydrogens is 246 g/mol. The summed E-state index contributed by atoms with van der Waals surface area (Å²) in [7, 11) is 3.90. The highest BCUT2D eigenvalue weighted by molar-refractivity contribution is 7.08. The number of rotatable bonds is 6. The highest BCUT2D eigenvalue weighted by Gasteiger charge is 2.02. The molecule has 0 amide bonds. The van der Waals surface area contributed by atoms with Crippen molar-refractivity contribution in [3.8, 4) is 5.88 Å². The van der Waals surface area contributed by atoms with Crippen molar-refractivity contribution in [1.29, 1.82) is 0 Å². The van der Waals surface area contributed by atoms with Crippen LogP contribution >= 0.6 is 11.3 Å². The zero-order chi connectivity index (χ0) is 12.8. The van der Waals surface area contributed by atoms with Crippen molar-refractivity contribution in [1.82, 2.24) is 4.98 Å². The molecule has 0 saturated heterocycles. The molecule has 2 rings (SSSR count). The Balaban J connectivity index is 1.81. The van der Waals surface area contributed by atoms with Crippen molar-refractivity contribution in [2.24, 2.45) is 0 Å². The maximum Gasteiger partial charge on any atom is 0.215 e. The van der Waals surface area contributed by atoms with E-state index < -0.39 is 0 Å². The van der Waals surface area contributed by atoms with Crippen LogP contribution in [0.3, 0.4) is 0 Å². The Hall–Kier alpha value is -1.75. The normalized spacial score (nSPS) is 10.1. The first kappa shape index (κ1) is 12.7. The van der Waals surface area contributed by atoms with Crippen molar-refractivity contribution in [3.63, 3.8) is 0 Å². The van der Waals surface area contributed by atoms with E-state index in [9.17, 15) is 0 Å². The summed E-state index contributed by atoms with van der Waals surface area (Å²) in [6.07, 6.45) is 0. The molecule has 0 aliphatic carbocycles. The van der Waals surface area contributed by atoms with Crippen LogP contribution in [0.15, 0.2) is 35.0 Å². The summed E-state index contributed by atoms with van der Waals surface area (Å²) in [5.41, 5.74) is 1.22. The molecule has 2 aromatic rings. The molecule has 0 bridgehead atoms. The Morgan fingerprint density at radius 2 is 2.28 bits per heavy atom. The van der Waals surface area contributed by atoms with Crippen LogP contribution in [0.1, 0.15) is 0 Å². The molecule has 0 unspecified atom stereocenters. The van der Waals surface area contributed by atoms with Gasteiger partial charge in [-0.05, 0) is 17.5 Å². The third-order valence-corrected chi connectivity index (χ3v) is 3.27. The van der Waals surface area contributed by atoms with E-state index in [0.717, 1.165) is 12.4 Å². The van der Waals surface area contributed by atoms with Gasteiger partial charge < -0.3 is 15.0 Å². The van der Waals surface area contributed by atoms with Crippen molar-refractivity contribution < 1.29 is 4.74 Å². The molecule has 1 N–H and O–H groups in total. The quantitative estimate of drug-likeness (QED) is 0.869. The van der Waals surface area contributed by atoms with Crippen molar-refractivity contribution in [2.75, 3.05) is 37.5 Å². The third kappa shape index (κ3) is 3.37. The zero-order valence-electron chi connectivity index (χ0n) is 10.6. The maximum atomic E-state index is 5.63. The summed E-state index contributed by atoms with van der Waals surface area (Å²) < 4.78 is 5.63. The topological polar surface area (TPSA) is 37.4 Å². The van der Waals surface area contributed by atoms with Gasteiger partial charge in [-0.15, -0.1) is 0 Å². The lowest BCUT2D eigenvalue weighted by Gasteiger charge is -2.17. The van der Waals surface area contributed by atoms with E-state index >= 15 is 0 Å². The molecular formula is C13H17N3OS. The minimum Gasteiger partial charge on any atom is -0.476 e. The van der Waals surface area contributed by atoms with E-state index in [0.29, 0.717) is 12.5 Å². The number of nitrogens with one attached hydrogen (secondary N) is 1. The van der Waals surface area contributed by atoms with Gasteiger partial charge in [-0.1, -0.05) is 6.07 Å². The SMILES string of the molecule is CNc1cccc(OCCN(C)c2ccsc2)n1. The number of pyridine rings is 1. The molecule has 0 aromatic carbocycles. The Bertz CT molecular complexity index is 473. The molecule has 5 heteroatoms. The van der Waals surface area contributed by atoms with Gasteiger partial charge in [-0.25, -0.2) is 0 Å². The van der Waals surface area contributed by atoms with Crippen LogP contribution in [0.25, 0.3) is 0 Å². The number of anilines is 2. The molecule has 0 aliphatic heterocycles. The van der Waals surface area contributed by atoms with Gasteiger partial charge in [-0.2, -0.15) is 16.3 Å². The predicted molar refractivity (Wildman–Crippen MR) is 76.9 cm³/mol. The lowest BCUT2D eigenvalue weighted by atomic mass is 10.4. The fourth-order valence-corrected chi connectivity index (χ4v) is 2.22. The van der Waals surface area contributed by atoms with Crippen LogP contribution in [0, 0.1) is 0 Å². The smallest absolute Gasteiger partial charge is 0.215 e. The molecule has 18 heavy (non-hydrogen) atoms. The Labute approximate surface area is 111 Å². The van der Waals surface area contributed by atoms with Gasteiger partial charge in [0, 0.05) is 31.2 Å². The van der Waals surface area contributed by atoms with E-state index in [1.165, 1.54) is 5.69 Å². The van der Waals surface area contributed by atoms with Gasteiger partial charge in [0.1, 0.15) is 12.4 Å². The molecule has 0 aliphatic rings. The number of thiophene rings is 1. The van der Waals surface area contributed by atoms with Gasteiger partial charge >= 0.3 is 0 Å². The second kappa shape index (κ2) is 6.26. The lowest BCUT2D eigenvalue weighted by Crippen LogP contribution is -2.23. The largest absolute Gasteiger partial charge is 0.476 e. The van der Waals surface area contributed by atoms with Crippen LogP contribution in [0.5, 0.6) is 5.88 Å². The Morgan fingerprint density at radius 3 is 3.00 bits per heavy atom. The number of hydrogen-bond donors (Lipinski definition) is 1. The maximum absolute atomic E-state index is 5.63. The van der Waals surface area contributed by atoms with Gasteiger partial charge in [0.15, 0.2) is 0 Å². The number of aromatic nitrogens is 1. The summed E-state index contributed by atoms with van der Waals surface area (Å²) >= 11 is 1.70. The van der Waals surface area contributed by atoms with E-state index in [-0.39, 0.29) is 0 Å². The van der Waals surface area contributed by atoms with Gasteiger partial charge in [0.2, 0.25) is 5.88 Å². The number of hydrogen-bond acceptors (Lipinski definition) is 5. The van der Waals surface area contributed by atoms with E-state index in [4.69, 9.17) is 4.74 Å². The third-order valence-electron chi connectivity index (χ3n) is 2.60. The van der Waals surface area contributed by atoms with Gasteiger partial charge in [-0.3, -0.25) is 0 Å². The number of nitrogens with zero attached hydrogens (tertiary/aromatic N) is 2. The summed E-state index contributed by atoms with van der Waals surface area (Å²) in [5, 5.41) is 7.19. The molecule has 2 aromatic heterocycles. The Morgan fingerprint density at radius 1 is 1.39 bits per heavy atom. The average molecular weight is 263 g/mol. The van der Waals surface area contributed by atoms with E-state index in [1.54, 1.807) is 11.3 Å². The second-order valence-corrected chi connectivity index (χ2v) is 4.64. The van der Waals surface area contributed by atoms with Crippen LogP contribution in [-0.2, 0) is 0 Å². The van der Waals surface area contributed by atoms with E-state index in [1.807, 2.05) is 25.2 Å². The monoisotopic (exact) mass is 263 g/mol.